The minimum atomic E-state index is -0.0163. The van der Waals surface area contributed by atoms with E-state index < -0.39 is 0 Å². The Hall–Kier alpha value is -1.15. The van der Waals surface area contributed by atoms with Crippen LogP contribution in [0.25, 0.3) is 0 Å². The molecule has 74 valence electrons. The Morgan fingerprint density at radius 1 is 1.50 bits per heavy atom. The topological polar surface area (TPSA) is 26.3 Å². The summed E-state index contributed by atoms with van der Waals surface area (Å²) < 4.78 is 5.59. The molecular weight excluding hydrogens is 176 g/mol. The number of Topliss-reactive ketones (excluding diaryl/α,β-unsaturated/α-hetero) is 1. The van der Waals surface area contributed by atoms with Gasteiger partial charge in [-0.3, -0.25) is 4.79 Å². The van der Waals surface area contributed by atoms with Crippen molar-refractivity contribution in [2.45, 2.75) is 25.9 Å². The van der Waals surface area contributed by atoms with Crippen LogP contribution in [0, 0.1) is 0 Å². The van der Waals surface area contributed by atoms with Crippen LogP contribution in [0.4, 0.5) is 0 Å². The Kier molecular flexibility index (Phi) is 2.64. The second-order valence-electron chi connectivity index (χ2n) is 3.71. The van der Waals surface area contributed by atoms with E-state index in [1.165, 1.54) is 11.1 Å². The fourth-order valence-corrected chi connectivity index (χ4v) is 1.91. The van der Waals surface area contributed by atoms with Gasteiger partial charge >= 0.3 is 0 Å². The zero-order chi connectivity index (χ0) is 9.97. The molecule has 14 heavy (non-hydrogen) atoms. The summed E-state index contributed by atoms with van der Waals surface area (Å²) in [7, 11) is 0. The smallest absolute Gasteiger partial charge is 0.132 e. The average molecular weight is 190 g/mol. The second kappa shape index (κ2) is 3.93. The quantitative estimate of drug-likeness (QED) is 0.715. The van der Waals surface area contributed by atoms with Crippen molar-refractivity contribution in [3.8, 4) is 0 Å². The summed E-state index contributed by atoms with van der Waals surface area (Å²) in [5.41, 5.74) is 2.51. The highest BCUT2D eigenvalue weighted by Crippen LogP contribution is 2.29. The minimum absolute atomic E-state index is 0.0163. The highest BCUT2D eigenvalue weighted by Gasteiger charge is 2.21. The van der Waals surface area contributed by atoms with Crippen LogP contribution in [0.15, 0.2) is 24.3 Å². The predicted octanol–water partition coefficient (Wildman–Crippen LogP) is 2.28. The number of benzene rings is 1. The van der Waals surface area contributed by atoms with Gasteiger partial charge in [-0.15, -0.1) is 0 Å². The summed E-state index contributed by atoms with van der Waals surface area (Å²) in [5, 5.41) is 0. The second-order valence-corrected chi connectivity index (χ2v) is 3.71. The lowest BCUT2D eigenvalue weighted by Crippen LogP contribution is -2.18. The Morgan fingerprint density at radius 2 is 2.29 bits per heavy atom. The summed E-state index contributed by atoms with van der Waals surface area (Å²) in [6.45, 7) is 2.34. The molecule has 0 saturated heterocycles. The summed E-state index contributed by atoms with van der Waals surface area (Å²) in [4.78, 5) is 11.0. The summed E-state index contributed by atoms with van der Waals surface area (Å²) in [5.74, 6) is 0.187. The number of ketones is 1. The molecule has 0 spiro atoms. The molecule has 0 N–H and O–H groups in total. The first-order chi connectivity index (χ1) is 6.77. The molecule has 0 amide bonds. The number of rotatable bonds is 2. The molecular formula is C12H14O2. The SMILES string of the molecule is CC(=O)C[C@H]1OCCc2ccccc21. The highest BCUT2D eigenvalue weighted by molar-refractivity contribution is 5.76. The normalized spacial score (nSPS) is 20.2. The van der Waals surface area contributed by atoms with Crippen molar-refractivity contribution in [2.24, 2.45) is 0 Å². The van der Waals surface area contributed by atoms with Crippen molar-refractivity contribution in [3.63, 3.8) is 0 Å². The van der Waals surface area contributed by atoms with Crippen LogP contribution in [0.5, 0.6) is 0 Å². The van der Waals surface area contributed by atoms with Gasteiger partial charge in [0, 0.05) is 6.42 Å². The third kappa shape index (κ3) is 1.85. The van der Waals surface area contributed by atoms with Crippen LogP contribution in [-0.2, 0) is 16.0 Å². The number of hydrogen-bond donors (Lipinski definition) is 0. The lowest BCUT2D eigenvalue weighted by molar-refractivity contribution is -0.120. The summed E-state index contributed by atoms with van der Waals surface area (Å²) in [6.07, 6.45) is 1.44. The van der Waals surface area contributed by atoms with Crippen LogP contribution >= 0.6 is 0 Å². The van der Waals surface area contributed by atoms with E-state index in [-0.39, 0.29) is 11.9 Å². The molecule has 1 heterocycles. The summed E-state index contributed by atoms with van der Waals surface area (Å²) >= 11 is 0. The largest absolute Gasteiger partial charge is 0.373 e. The van der Waals surface area contributed by atoms with Crippen molar-refractivity contribution >= 4 is 5.78 Å². The molecule has 2 rings (SSSR count). The van der Waals surface area contributed by atoms with Gasteiger partial charge in [-0.1, -0.05) is 24.3 Å². The van der Waals surface area contributed by atoms with Crippen LogP contribution < -0.4 is 0 Å². The van der Waals surface area contributed by atoms with E-state index in [0.29, 0.717) is 6.42 Å². The Balaban J connectivity index is 2.26. The first kappa shape index (κ1) is 9.41. The fraction of sp³-hybridized carbons (Fsp3) is 0.417. The number of carbonyl (C=O) groups is 1. The van der Waals surface area contributed by atoms with Crippen molar-refractivity contribution in [1.29, 1.82) is 0 Å². The van der Waals surface area contributed by atoms with Crippen LogP contribution in [0.2, 0.25) is 0 Å². The van der Waals surface area contributed by atoms with E-state index in [4.69, 9.17) is 4.74 Å². The molecule has 1 atom stereocenters. The number of hydrogen-bond acceptors (Lipinski definition) is 2. The molecule has 0 unspecified atom stereocenters. The average Bonchev–Trinajstić information content (AvgIpc) is 2.18. The standard InChI is InChI=1S/C12H14O2/c1-9(13)8-12-11-5-3-2-4-10(11)6-7-14-12/h2-5,12H,6-8H2,1H3/t12-/m1/s1. The van der Waals surface area contributed by atoms with E-state index in [2.05, 4.69) is 12.1 Å². The van der Waals surface area contributed by atoms with E-state index in [9.17, 15) is 4.79 Å². The first-order valence-corrected chi connectivity index (χ1v) is 4.96. The van der Waals surface area contributed by atoms with E-state index in [0.717, 1.165) is 13.0 Å². The molecule has 2 heteroatoms. The Morgan fingerprint density at radius 3 is 3.07 bits per heavy atom. The van der Waals surface area contributed by atoms with Gasteiger partial charge in [0.25, 0.3) is 0 Å². The zero-order valence-corrected chi connectivity index (χ0v) is 8.32. The molecule has 0 fully saturated rings. The molecule has 1 aromatic rings. The van der Waals surface area contributed by atoms with Gasteiger partial charge in [-0.05, 0) is 24.5 Å². The lowest BCUT2D eigenvalue weighted by atomic mass is 9.95. The molecule has 2 nitrogen and oxygen atoms in total. The molecule has 0 aliphatic carbocycles. The third-order valence-electron chi connectivity index (χ3n) is 2.57. The van der Waals surface area contributed by atoms with Crippen molar-refractivity contribution < 1.29 is 9.53 Å². The third-order valence-corrected chi connectivity index (χ3v) is 2.57. The van der Waals surface area contributed by atoms with Gasteiger partial charge in [-0.2, -0.15) is 0 Å². The Labute approximate surface area is 83.9 Å². The predicted molar refractivity (Wildman–Crippen MR) is 54.1 cm³/mol. The molecule has 0 saturated carbocycles. The van der Waals surface area contributed by atoms with Gasteiger partial charge in [0.2, 0.25) is 0 Å². The monoisotopic (exact) mass is 190 g/mol. The molecule has 1 aliphatic heterocycles. The highest BCUT2D eigenvalue weighted by atomic mass is 16.5. The van der Waals surface area contributed by atoms with Crippen molar-refractivity contribution in [2.75, 3.05) is 6.61 Å². The van der Waals surface area contributed by atoms with Gasteiger partial charge in [0.15, 0.2) is 0 Å². The molecule has 0 bridgehead atoms. The van der Waals surface area contributed by atoms with E-state index in [1.807, 2.05) is 12.1 Å². The number of fused-ring (bicyclic) bond motifs is 1. The lowest BCUT2D eigenvalue weighted by Gasteiger charge is -2.25. The minimum Gasteiger partial charge on any atom is -0.373 e. The maximum atomic E-state index is 11.0. The molecule has 1 aromatic carbocycles. The molecule has 1 aliphatic rings. The first-order valence-electron chi connectivity index (χ1n) is 4.96. The van der Waals surface area contributed by atoms with Gasteiger partial charge in [0.1, 0.15) is 5.78 Å². The van der Waals surface area contributed by atoms with Gasteiger partial charge in [-0.25, -0.2) is 0 Å². The Bertz CT molecular complexity index is 344. The van der Waals surface area contributed by atoms with Crippen LogP contribution in [-0.4, -0.2) is 12.4 Å². The van der Waals surface area contributed by atoms with Crippen LogP contribution in [0.3, 0.4) is 0 Å². The van der Waals surface area contributed by atoms with E-state index in [1.54, 1.807) is 6.92 Å². The fourth-order valence-electron chi connectivity index (χ4n) is 1.91. The van der Waals surface area contributed by atoms with Crippen molar-refractivity contribution in [3.05, 3.63) is 35.4 Å². The number of ether oxygens (including phenoxy) is 1. The maximum absolute atomic E-state index is 11.0. The zero-order valence-electron chi connectivity index (χ0n) is 8.32. The molecule has 0 aromatic heterocycles. The van der Waals surface area contributed by atoms with E-state index >= 15 is 0 Å². The van der Waals surface area contributed by atoms with Gasteiger partial charge in [0.05, 0.1) is 12.7 Å². The van der Waals surface area contributed by atoms with Crippen molar-refractivity contribution in [1.82, 2.24) is 0 Å². The summed E-state index contributed by atoms with van der Waals surface area (Å²) in [6, 6.07) is 8.21. The molecule has 0 radical (unpaired) electrons. The maximum Gasteiger partial charge on any atom is 0.132 e. The van der Waals surface area contributed by atoms with Crippen LogP contribution in [0.1, 0.15) is 30.6 Å². The van der Waals surface area contributed by atoms with Gasteiger partial charge < -0.3 is 4.74 Å². The number of carbonyl (C=O) groups excluding carboxylic acids is 1.